The maximum atomic E-state index is 13.5. The minimum atomic E-state index is -0.937. The van der Waals surface area contributed by atoms with Gasteiger partial charge in [-0.15, -0.1) is 0 Å². The first kappa shape index (κ1) is 14.4. The molecule has 1 N–H and O–H groups in total. The fourth-order valence-corrected chi connectivity index (χ4v) is 2.10. The number of halogens is 1. The Balaban J connectivity index is 2.06. The molecule has 0 radical (unpaired) electrons. The Morgan fingerprint density at radius 2 is 2.20 bits per heavy atom. The van der Waals surface area contributed by atoms with Crippen LogP contribution in [0.25, 0.3) is 0 Å². The third kappa shape index (κ3) is 3.99. The molecule has 1 aliphatic carbocycles. The average molecular weight is 282 g/mol. The zero-order chi connectivity index (χ0) is 14.7. The number of rotatable bonds is 7. The first-order valence-electron chi connectivity index (χ1n) is 6.32. The van der Waals surface area contributed by atoms with Gasteiger partial charge in [-0.1, -0.05) is 6.07 Å². The largest absolute Gasteiger partial charge is 0.480 e. The van der Waals surface area contributed by atoms with Crippen LogP contribution >= 0.6 is 0 Å². The molecule has 0 amide bonds. The lowest BCUT2D eigenvalue weighted by Gasteiger charge is -2.20. The summed E-state index contributed by atoms with van der Waals surface area (Å²) in [5.41, 5.74) is -0.0317. The molecule has 1 saturated carbocycles. The monoisotopic (exact) mass is 282 g/mol. The molecule has 0 bridgehead atoms. The van der Waals surface area contributed by atoms with Crippen LogP contribution in [0.1, 0.15) is 18.4 Å². The van der Waals surface area contributed by atoms with Gasteiger partial charge in [-0.05, 0) is 30.4 Å². The van der Waals surface area contributed by atoms with Crippen LogP contribution in [0.5, 0.6) is 0 Å². The van der Waals surface area contributed by atoms with Crippen molar-refractivity contribution in [3.8, 4) is 0 Å². The predicted octanol–water partition coefficient (Wildman–Crippen LogP) is 2.03. The van der Waals surface area contributed by atoms with Gasteiger partial charge in [0.2, 0.25) is 5.82 Å². The van der Waals surface area contributed by atoms with Crippen LogP contribution < -0.4 is 0 Å². The van der Waals surface area contributed by atoms with Crippen LogP contribution in [0.4, 0.5) is 10.1 Å². The normalized spacial score (nSPS) is 14.5. The van der Waals surface area contributed by atoms with E-state index in [1.807, 2.05) is 0 Å². The van der Waals surface area contributed by atoms with Gasteiger partial charge in [-0.25, -0.2) is 0 Å². The van der Waals surface area contributed by atoms with E-state index < -0.39 is 22.4 Å². The van der Waals surface area contributed by atoms with Crippen molar-refractivity contribution in [2.75, 3.05) is 13.1 Å². The summed E-state index contributed by atoms with van der Waals surface area (Å²) in [4.78, 5) is 22.3. The molecule has 0 unspecified atom stereocenters. The number of nitro benzene ring substituents is 1. The van der Waals surface area contributed by atoms with Crippen molar-refractivity contribution in [1.29, 1.82) is 0 Å². The van der Waals surface area contributed by atoms with Gasteiger partial charge in [-0.3, -0.25) is 19.8 Å². The van der Waals surface area contributed by atoms with Gasteiger partial charge in [0.15, 0.2) is 0 Å². The van der Waals surface area contributed by atoms with Gasteiger partial charge in [-0.2, -0.15) is 4.39 Å². The van der Waals surface area contributed by atoms with E-state index in [1.165, 1.54) is 6.07 Å². The standard InChI is InChI=1S/C13H15FN2O4/c14-11-5-10(3-4-12(11)16(19)20)7-15(8-13(17)18)6-9-1-2-9/h3-5,9H,1-2,6-8H2,(H,17,18). The number of carboxylic acid groups (broad SMARTS) is 1. The molecule has 2 rings (SSSR count). The second kappa shape index (κ2) is 5.96. The summed E-state index contributed by atoms with van der Waals surface area (Å²) in [6.45, 7) is 0.817. The van der Waals surface area contributed by atoms with Crippen molar-refractivity contribution in [1.82, 2.24) is 4.90 Å². The van der Waals surface area contributed by atoms with Crippen LogP contribution in [0.3, 0.4) is 0 Å². The molecule has 0 saturated heterocycles. The Kier molecular flexibility index (Phi) is 4.29. The number of hydrogen-bond donors (Lipinski definition) is 1. The Morgan fingerprint density at radius 1 is 1.50 bits per heavy atom. The number of carbonyl (C=O) groups is 1. The van der Waals surface area contributed by atoms with Crippen LogP contribution in [0.2, 0.25) is 0 Å². The summed E-state index contributed by atoms with van der Waals surface area (Å²) in [7, 11) is 0. The Hall–Kier alpha value is -2.02. The average Bonchev–Trinajstić information content (AvgIpc) is 3.11. The van der Waals surface area contributed by atoms with Gasteiger partial charge in [0.1, 0.15) is 0 Å². The number of carboxylic acids is 1. The molecule has 0 aliphatic heterocycles. The molecule has 20 heavy (non-hydrogen) atoms. The maximum absolute atomic E-state index is 13.5. The van der Waals surface area contributed by atoms with E-state index in [2.05, 4.69) is 0 Å². The van der Waals surface area contributed by atoms with E-state index in [9.17, 15) is 19.3 Å². The molecule has 0 aromatic heterocycles. The van der Waals surface area contributed by atoms with E-state index in [1.54, 1.807) is 4.90 Å². The molecular weight excluding hydrogens is 267 g/mol. The number of nitro groups is 1. The number of aliphatic carboxylic acids is 1. The zero-order valence-electron chi connectivity index (χ0n) is 10.8. The van der Waals surface area contributed by atoms with Gasteiger partial charge in [0.05, 0.1) is 11.5 Å². The van der Waals surface area contributed by atoms with Crippen LogP contribution in [-0.2, 0) is 11.3 Å². The lowest BCUT2D eigenvalue weighted by Crippen LogP contribution is -2.31. The summed E-state index contributed by atoms with van der Waals surface area (Å²) in [6, 6.07) is 3.67. The first-order chi connectivity index (χ1) is 9.45. The molecule has 108 valence electrons. The molecular formula is C13H15FN2O4. The van der Waals surface area contributed by atoms with Crippen LogP contribution in [-0.4, -0.2) is 34.0 Å². The Bertz CT molecular complexity index is 531. The third-order valence-electron chi connectivity index (χ3n) is 3.19. The molecule has 1 aromatic rings. The minimum absolute atomic E-state index is 0.116. The highest BCUT2D eigenvalue weighted by atomic mass is 19.1. The van der Waals surface area contributed by atoms with E-state index >= 15 is 0 Å². The first-order valence-corrected chi connectivity index (χ1v) is 6.32. The van der Waals surface area contributed by atoms with E-state index in [-0.39, 0.29) is 13.1 Å². The SMILES string of the molecule is O=C(O)CN(Cc1ccc([N+](=O)[O-])c(F)c1)CC1CC1. The maximum Gasteiger partial charge on any atom is 0.317 e. The Labute approximate surface area is 115 Å². The fraction of sp³-hybridized carbons (Fsp3) is 0.462. The summed E-state index contributed by atoms with van der Waals surface area (Å²) >= 11 is 0. The van der Waals surface area contributed by atoms with E-state index in [0.29, 0.717) is 18.0 Å². The lowest BCUT2D eigenvalue weighted by atomic mass is 10.1. The highest BCUT2D eigenvalue weighted by Crippen LogP contribution is 2.30. The van der Waals surface area contributed by atoms with Crippen molar-refractivity contribution >= 4 is 11.7 Å². The molecule has 7 heteroatoms. The van der Waals surface area contributed by atoms with Crippen molar-refractivity contribution in [2.24, 2.45) is 5.92 Å². The van der Waals surface area contributed by atoms with Gasteiger partial charge >= 0.3 is 11.7 Å². The van der Waals surface area contributed by atoms with Crippen LogP contribution in [0, 0.1) is 21.8 Å². The quantitative estimate of drug-likeness (QED) is 0.611. The minimum Gasteiger partial charge on any atom is -0.480 e. The smallest absolute Gasteiger partial charge is 0.317 e. The van der Waals surface area contributed by atoms with Gasteiger partial charge in [0, 0.05) is 19.2 Å². The molecule has 0 heterocycles. The summed E-state index contributed by atoms with van der Waals surface area (Å²) < 4.78 is 13.5. The predicted molar refractivity (Wildman–Crippen MR) is 68.7 cm³/mol. The second-order valence-electron chi connectivity index (χ2n) is 5.05. The molecule has 6 nitrogen and oxygen atoms in total. The Morgan fingerprint density at radius 3 is 2.70 bits per heavy atom. The summed E-state index contributed by atoms with van der Waals surface area (Å²) in [5, 5.41) is 19.4. The molecule has 1 aliphatic rings. The topological polar surface area (TPSA) is 83.7 Å². The highest BCUT2D eigenvalue weighted by Gasteiger charge is 2.25. The fourth-order valence-electron chi connectivity index (χ4n) is 2.10. The highest BCUT2D eigenvalue weighted by molar-refractivity contribution is 5.69. The van der Waals surface area contributed by atoms with E-state index in [0.717, 1.165) is 25.0 Å². The van der Waals surface area contributed by atoms with Crippen molar-refractivity contribution in [3.63, 3.8) is 0 Å². The molecule has 1 aromatic carbocycles. The summed E-state index contributed by atoms with van der Waals surface area (Å²) in [6.07, 6.45) is 2.18. The zero-order valence-corrected chi connectivity index (χ0v) is 10.8. The lowest BCUT2D eigenvalue weighted by molar-refractivity contribution is -0.387. The molecule has 1 fully saturated rings. The van der Waals surface area contributed by atoms with Crippen LogP contribution in [0.15, 0.2) is 18.2 Å². The number of hydrogen-bond acceptors (Lipinski definition) is 4. The third-order valence-corrected chi connectivity index (χ3v) is 3.19. The van der Waals surface area contributed by atoms with E-state index in [4.69, 9.17) is 5.11 Å². The van der Waals surface area contributed by atoms with Gasteiger partial charge < -0.3 is 5.11 Å². The summed E-state index contributed by atoms with van der Waals surface area (Å²) in [5.74, 6) is -1.32. The molecule has 0 spiro atoms. The van der Waals surface area contributed by atoms with Crippen molar-refractivity contribution in [3.05, 3.63) is 39.7 Å². The molecule has 0 atom stereocenters. The van der Waals surface area contributed by atoms with Gasteiger partial charge in [0.25, 0.3) is 0 Å². The second-order valence-corrected chi connectivity index (χ2v) is 5.05. The number of benzene rings is 1. The van der Waals surface area contributed by atoms with Crippen molar-refractivity contribution < 1.29 is 19.2 Å². The number of nitrogens with zero attached hydrogens (tertiary/aromatic N) is 2. The van der Waals surface area contributed by atoms with Crippen molar-refractivity contribution in [2.45, 2.75) is 19.4 Å².